The summed E-state index contributed by atoms with van der Waals surface area (Å²) in [5.41, 5.74) is 25.0. The second kappa shape index (κ2) is 5.72. The van der Waals surface area contributed by atoms with Crippen LogP contribution >= 0.6 is 0 Å². The van der Waals surface area contributed by atoms with E-state index in [2.05, 4.69) is 11.6 Å². The molecule has 1 aromatic carbocycles. The molecule has 5 nitrogen and oxygen atoms in total. The molecule has 0 radical (unpaired) electrons. The van der Waals surface area contributed by atoms with E-state index in [1.807, 2.05) is 18.2 Å². The van der Waals surface area contributed by atoms with E-state index in [-0.39, 0.29) is 5.96 Å². The molecule has 0 fully saturated rings. The first-order valence-corrected chi connectivity index (χ1v) is 5.07. The van der Waals surface area contributed by atoms with E-state index < -0.39 is 0 Å². The lowest BCUT2D eigenvalue weighted by atomic mass is 10.0. The van der Waals surface area contributed by atoms with E-state index >= 15 is 0 Å². The highest BCUT2D eigenvalue weighted by atomic mass is 15.0. The van der Waals surface area contributed by atoms with Gasteiger partial charge in [-0.25, -0.2) is 4.99 Å². The third-order valence-corrected chi connectivity index (χ3v) is 2.24. The van der Waals surface area contributed by atoms with Crippen molar-refractivity contribution in [3.63, 3.8) is 0 Å². The molecule has 5 heteroatoms. The molecule has 1 aromatic rings. The molecule has 0 heterocycles. The zero-order valence-electron chi connectivity index (χ0n) is 9.56. The predicted octanol–water partition coefficient (Wildman–Crippen LogP) is 0.528. The summed E-state index contributed by atoms with van der Waals surface area (Å²) in [6, 6.07) is 5.61. The molecule has 0 amide bonds. The first-order chi connectivity index (χ1) is 8.04. The van der Waals surface area contributed by atoms with Gasteiger partial charge in [-0.1, -0.05) is 18.7 Å². The number of nitrogen functional groups attached to an aromatic ring is 1. The van der Waals surface area contributed by atoms with Gasteiger partial charge in [0.05, 0.1) is 0 Å². The van der Waals surface area contributed by atoms with E-state index in [9.17, 15) is 0 Å². The first-order valence-electron chi connectivity index (χ1n) is 5.07. The van der Waals surface area contributed by atoms with Crippen molar-refractivity contribution in [2.24, 2.45) is 22.2 Å². The second-order valence-corrected chi connectivity index (χ2v) is 3.51. The van der Waals surface area contributed by atoms with Gasteiger partial charge in [0.2, 0.25) is 0 Å². The molecule has 0 aromatic heterocycles. The third kappa shape index (κ3) is 3.66. The fourth-order valence-corrected chi connectivity index (χ4v) is 1.29. The van der Waals surface area contributed by atoms with Gasteiger partial charge in [-0.2, -0.15) is 0 Å². The maximum absolute atomic E-state index is 5.83. The molecule has 17 heavy (non-hydrogen) atoms. The average molecular weight is 231 g/mol. The molecule has 0 aliphatic rings. The van der Waals surface area contributed by atoms with Crippen LogP contribution in [-0.4, -0.2) is 5.96 Å². The van der Waals surface area contributed by atoms with Crippen molar-refractivity contribution in [1.82, 2.24) is 0 Å². The van der Waals surface area contributed by atoms with Crippen molar-refractivity contribution in [3.05, 3.63) is 48.2 Å². The van der Waals surface area contributed by atoms with Crippen LogP contribution in [0.25, 0.3) is 5.57 Å². The van der Waals surface area contributed by atoms with Crippen LogP contribution in [0.1, 0.15) is 11.1 Å². The molecule has 1 rings (SSSR count). The van der Waals surface area contributed by atoms with E-state index in [1.54, 1.807) is 6.08 Å². The van der Waals surface area contributed by atoms with Gasteiger partial charge >= 0.3 is 0 Å². The number of allylic oxidation sites excluding steroid dienone is 2. The van der Waals surface area contributed by atoms with Crippen LogP contribution in [0.3, 0.4) is 0 Å². The minimum atomic E-state index is 0.00652. The minimum Gasteiger partial charge on any atom is -0.398 e. The van der Waals surface area contributed by atoms with Crippen LogP contribution in [0.2, 0.25) is 0 Å². The molecule has 0 aliphatic carbocycles. The average Bonchev–Trinajstić information content (AvgIpc) is 2.28. The molecule has 0 spiro atoms. The summed E-state index contributed by atoms with van der Waals surface area (Å²) in [5, 5.41) is 0. The Balaban J connectivity index is 2.87. The highest BCUT2D eigenvalue weighted by molar-refractivity contribution is 5.78. The van der Waals surface area contributed by atoms with Gasteiger partial charge in [0.25, 0.3) is 0 Å². The summed E-state index contributed by atoms with van der Waals surface area (Å²) in [7, 11) is 0. The molecule has 0 saturated heterocycles. The Hall–Kier alpha value is -2.27. The molecule has 0 atom stereocenters. The summed E-state index contributed by atoms with van der Waals surface area (Å²) in [5.74, 6) is 0.00652. The Morgan fingerprint density at radius 2 is 2.06 bits per heavy atom. The molecule has 8 N–H and O–H groups in total. The number of hydrogen-bond donors (Lipinski definition) is 4. The van der Waals surface area contributed by atoms with Crippen LogP contribution < -0.4 is 22.9 Å². The van der Waals surface area contributed by atoms with Crippen LogP contribution in [-0.2, 0) is 6.54 Å². The third-order valence-electron chi connectivity index (χ3n) is 2.24. The largest absolute Gasteiger partial charge is 0.398 e. The number of aliphatic imine (C=N–C) groups is 1. The topological polar surface area (TPSA) is 116 Å². The maximum atomic E-state index is 5.83. The summed E-state index contributed by atoms with van der Waals surface area (Å²) in [4.78, 5) is 3.73. The van der Waals surface area contributed by atoms with Crippen molar-refractivity contribution in [3.8, 4) is 0 Å². The van der Waals surface area contributed by atoms with Gasteiger partial charge in [-0.05, 0) is 28.8 Å². The molecule has 90 valence electrons. The Morgan fingerprint density at radius 3 is 2.59 bits per heavy atom. The molecule has 0 unspecified atom stereocenters. The summed E-state index contributed by atoms with van der Waals surface area (Å²) < 4.78 is 0. The Bertz CT molecular complexity index is 470. The van der Waals surface area contributed by atoms with Crippen LogP contribution in [0.15, 0.2) is 42.0 Å². The van der Waals surface area contributed by atoms with Crippen molar-refractivity contribution >= 4 is 17.2 Å². The number of nitrogens with zero attached hydrogens (tertiary/aromatic N) is 1. The lowest BCUT2D eigenvalue weighted by Crippen LogP contribution is -2.21. The monoisotopic (exact) mass is 231 g/mol. The van der Waals surface area contributed by atoms with Gasteiger partial charge in [0.1, 0.15) is 0 Å². The van der Waals surface area contributed by atoms with Crippen molar-refractivity contribution in [1.29, 1.82) is 0 Å². The molecule has 0 bridgehead atoms. The smallest absolute Gasteiger partial charge is 0.190 e. The van der Waals surface area contributed by atoms with Gasteiger partial charge in [0, 0.05) is 18.4 Å². The van der Waals surface area contributed by atoms with E-state index in [4.69, 9.17) is 22.9 Å². The molecular weight excluding hydrogens is 214 g/mol. The van der Waals surface area contributed by atoms with E-state index in [0.717, 1.165) is 16.7 Å². The summed E-state index contributed by atoms with van der Waals surface area (Å²) in [6.45, 7) is 4.31. The molecular formula is C12H17N5. The van der Waals surface area contributed by atoms with Crippen molar-refractivity contribution in [2.75, 3.05) is 5.73 Å². The number of guanidine groups is 1. The number of nitrogens with two attached hydrogens (primary N) is 4. The fourth-order valence-electron chi connectivity index (χ4n) is 1.29. The van der Waals surface area contributed by atoms with Crippen LogP contribution in [0.4, 0.5) is 5.69 Å². The minimum absolute atomic E-state index is 0.00652. The van der Waals surface area contributed by atoms with Gasteiger partial charge in [-0.3, -0.25) is 0 Å². The van der Waals surface area contributed by atoms with E-state index in [1.165, 1.54) is 6.20 Å². The number of rotatable bonds is 4. The lowest BCUT2D eigenvalue weighted by Gasteiger charge is -2.06. The highest BCUT2D eigenvalue weighted by Crippen LogP contribution is 2.20. The van der Waals surface area contributed by atoms with Crippen molar-refractivity contribution < 1.29 is 0 Å². The van der Waals surface area contributed by atoms with Gasteiger partial charge in [-0.15, -0.1) is 0 Å². The number of anilines is 1. The van der Waals surface area contributed by atoms with Crippen molar-refractivity contribution in [2.45, 2.75) is 6.54 Å². The number of benzene rings is 1. The SMILES string of the molecule is C=C(/C=C\N=C(N)N)c1ccc(CN)c(N)c1. The van der Waals surface area contributed by atoms with E-state index in [0.29, 0.717) is 12.2 Å². The second-order valence-electron chi connectivity index (χ2n) is 3.51. The zero-order chi connectivity index (χ0) is 12.8. The lowest BCUT2D eigenvalue weighted by molar-refractivity contribution is 1.07. The van der Waals surface area contributed by atoms with Crippen LogP contribution in [0, 0.1) is 0 Å². The highest BCUT2D eigenvalue weighted by Gasteiger charge is 2.00. The predicted molar refractivity (Wildman–Crippen MR) is 72.7 cm³/mol. The van der Waals surface area contributed by atoms with Crippen LogP contribution in [0.5, 0.6) is 0 Å². The molecule has 0 aliphatic heterocycles. The summed E-state index contributed by atoms with van der Waals surface area (Å²) >= 11 is 0. The fraction of sp³-hybridized carbons (Fsp3) is 0.0833. The molecule has 0 saturated carbocycles. The summed E-state index contributed by atoms with van der Waals surface area (Å²) in [6.07, 6.45) is 3.20. The van der Waals surface area contributed by atoms with Gasteiger partial charge in [0.15, 0.2) is 5.96 Å². The Kier molecular flexibility index (Phi) is 4.30. The number of hydrogen-bond acceptors (Lipinski definition) is 3. The Morgan fingerprint density at radius 1 is 1.35 bits per heavy atom. The quantitative estimate of drug-likeness (QED) is 0.262. The van der Waals surface area contributed by atoms with Gasteiger partial charge < -0.3 is 22.9 Å². The zero-order valence-corrected chi connectivity index (χ0v) is 9.56. The maximum Gasteiger partial charge on any atom is 0.190 e. The first kappa shape index (κ1) is 12.8. The Labute approximate surface area is 100 Å². The standard InChI is InChI=1S/C12H17N5/c1-8(4-5-17-12(15)16)9-2-3-10(7-13)11(14)6-9/h2-6H,1,7,13-14H2,(H4,15,16,17)/b5-4-. The normalized spacial score (nSPS) is 10.4.